The van der Waals surface area contributed by atoms with Crippen LogP contribution in [0, 0.1) is 28.1 Å². The molecule has 0 bridgehead atoms. The Balaban J connectivity index is 2.63. The van der Waals surface area contributed by atoms with E-state index in [1.54, 1.807) is 24.3 Å². The average molecular weight is 443 g/mol. The number of sulfone groups is 1. The van der Waals surface area contributed by atoms with Gasteiger partial charge in [0.15, 0.2) is 4.91 Å². The molecule has 30 heavy (non-hydrogen) atoms. The standard InChI is InChI=1S/C22H23ClN4O2S/c1-15(22(2,3)4)26-21(27-18-7-5-6-16(12-18)13-24)20(14-25)30(28,29)19-10-8-17(23)9-11-19/h5-12,15,26-27H,1-4H3/b21-20+. The summed E-state index contributed by atoms with van der Waals surface area (Å²) in [6.45, 7) is 7.90. The number of rotatable bonds is 6. The number of nitriles is 2. The third-order valence-corrected chi connectivity index (χ3v) is 6.62. The normalized spacial score (nSPS) is 13.4. The Morgan fingerprint density at radius 3 is 2.27 bits per heavy atom. The Hall–Kier alpha value is -3.00. The molecule has 0 spiro atoms. The van der Waals surface area contributed by atoms with Crippen LogP contribution >= 0.6 is 11.6 Å². The molecule has 1 atom stereocenters. The summed E-state index contributed by atoms with van der Waals surface area (Å²) in [6.07, 6.45) is 0. The Morgan fingerprint density at radius 1 is 1.10 bits per heavy atom. The first-order valence-corrected chi connectivity index (χ1v) is 11.0. The van der Waals surface area contributed by atoms with Gasteiger partial charge in [0.25, 0.3) is 0 Å². The van der Waals surface area contributed by atoms with Gasteiger partial charge in [0.1, 0.15) is 11.9 Å². The minimum atomic E-state index is -4.12. The lowest BCUT2D eigenvalue weighted by Crippen LogP contribution is -2.40. The minimum Gasteiger partial charge on any atom is -0.367 e. The van der Waals surface area contributed by atoms with E-state index in [-0.39, 0.29) is 22.2 Å². The molecule has 0 heterocycles. The summed E-state index contributed by atoms with van der Waals surface area (Å²) in [5.74, 6) is 0.0463. The zero-order chi connectivity index (χ0) is 22.5. The van der Waals surface area contributed by atoms with E-state index in [2.05, 4.69) is 10.6 Å². The number of nitrogens with zero attached hydrogens (tertiary/aromatic N) is 2. The molecule has 0 aliphatic heterocycles. The number of allylic oxidation sites excluding steroid dienone is 1. The molecule has 2 rings (SSSR count). The van der Waals surface area contributed by atoms with E-state index in [0.717, 1.165) is 0 Å². The predicted molar refractivity (Wildman–Crippen MR) is 118 cm³/mol. The summed E-state index contributed by atoms with van der Waals surface area (Å²) in [6, 6.07) is 15.9. The van der Waals surface area contributed by atoms with E-state index in [1.165, 1.54) is 24.3 Å². The van der Waals surface area contributed by atoms with Crippen molar-refractivity contribution in [3.63, 3.8) is 0 Å². The summed E-state index contributed by atoms with van der Waals surface area (Å²) in [7, 11) is -4.12. The second kappa shape index (κ2) is 9.21. The molecule has 1 unspecified atom stereocenters. The van der Waals surface area contributed by atoms with Crippen LogP contribution in [-0.2, 0) is 9.84 Å². The van der Waals surface area contributed by atoms with Crippen molar-refractivity contribution in [2.24, 2.45) is 5.41 Å². The molecule has 8 heteroatoms. The highest BCUT2D eigenvalue weighted by molar-refractivity contribution is 7.95. The van der Waals surface area contributed by atoms with Crippen LogP contribution in [-0.4, -0.2) is 14.5 Å². The Kier molecular flexibility index (Phi) is 7.15. The maximum atomic E-state index is 13.2. The van der Waals surface area contributed by atoms with Crippen molar-refractivity contribution in [2.75, 3.05) is 5.32 Å². The zero-order valence-electron chi connectivity index (χ0n) is 17.2. The molecule has 0 saturated carbocycles. The molecule has 6 nitrogen and oxygen atoms in total. The van der Waals surface area contributed by atoms with E-state index >= 15 is 0 Å². The average Bonchev–Trinajstić information content (AvgIpc) is 2.68. The van der Waals surface area contributed by atoms with Crippen LogP contribution in [0.2, 0.25) is 5.02 Å². The van der Waals surface area contributed by atoms with E-state index < -0.39 is 14.7 Å². The van der Waals surface area contributed by atoms with Gasteiger partial charge in [-0.05, 0) is 54.8 Å². The highest BCUT2D eigenvalue weighted by atomic mass is 35.5. The molecule has 0 amide bonds. The van der Waals surface area contributed by atoms with Crippen LogP contribution in [0.4, 0.5) is 5.69 Å². The molecule has 2 N–H and O–H groups in total. The SMILES string of the molecule is CC(N/C(Nc1cccc(C#N)c1)=C(/C#N)S(=O)(=O)c1ccc(Cl)cc1)C(C)(C)C. The maximum absolute atomic E-state index is 13.2. The lowest BCUT2D eigenvalue weighted by atomic mass is 9.88. The van der Waals surface area contributed by atoms with Crippen molar-refractivity contribution >= 4 is 27.1 Å². The summed E-state index contributed by atoms with van der Waals surface area (Å²) in [5.41, 5.74) is 0.672. The van der Waals surface area contributed by atoms with Gasteiger partial charge < -0.3 is 10.6 Å². The van der Waals surface area contributed by atoms with Crippen molar-refractivity contribution in [1.29, 1.82) is 10.5 Å². The quantitative estimate of drug-likeness (QED) is 0.621. The highest BCUT2D eigenvalue weighted by Crippen LogP contribution is 2.26. The van der Waals surface area contributed by atoms with Crippen molar-refractivity contribution < 1.29 is 8.42 Å². The summed E-state index contributed by atoms with van der Waals surface area (Å²) < 4.78 is 26.4. The molecule has 156 valence electrons. The highest BCUT2D eigenvalue weighted by Gasteiger charge is 2.28. The second-order valence-corrected chi connectivity index (χ2v) is 10.1. The first-order chi connectivity index (χ1) is 14.0. The number of halogens is 1. The summed E-state index contributed by atoms with van der Waals surface area (Å²) in [5, 5.41) is 25.5. The van der Waals surface area contributed by atoms with Crippen molar-refractivity contribution in [3.05, 3.63) is 69.8 Å². The fourth-order valence-corrected chi connectivity index (χ4v) is 3.74. The van der Waals surface area contributed by atoms with Crippen LogP contribution in [0.25, 0.3) is 0 Å². The van der Waals surface area contributed by atoms with Gasteiger partial charge in [-0.25, -0.2) is 8.42 Å². The van der Waals surface area contributed by atoms with E-state index in [1.807, 2.05) is 39.8 Å². The first kappa shape index (κ1) is 23.3. The first-order valence-electron chi connectivity index (χ1n) is 9.18. The van der Waals surface area contributed by atoms with Gasteiger partial charge in [0.2, 0.25) is 9.84 Å². The lowest BCUT2D eigenvalue weighted by molar-refractivity contribution is 0.303. The molecular formula is C22H23ClN4O2S. The van der Waals surface area contributed by atoms with Crippen LogP contribution in [0.1, 0.15) is 33.3 Å². The van der Waals surface area contributed by atoms with Gasteiger partial charge in [0.05, 0.1) is 16.5 Å². The number of benzene rings is 2. The number of hydrogen-bond acceptors (Lipinski definition) is 6. The van der Waals surface area contributed by atoms with Gasteiger partial charge in [-0.15, -0.1) is 0 Å². The predicted octanol–water partition coefficient (Wildman–Crippen LogP) is 4.81. The molecule has 0 radical (unpaired) electrons. The van der Waals surface area contributed by atoms with Gasteiger partial charge in [-0.2, -0.15) is 10.5 Å². The number of hydrogen-bond donors (Lipinski definition) is 2. The molecule has 0 aromatic heterocycles. The fourth-order valence-electron chi connectivity index (χ4n) is 2.38. The molecule has 0 fully saturated rings. The molecule has 0 aliphatic rings. The summed E-state index contributed by atoms with van der Waals surface area (Å²) in [4.78, 5) is -0.498. The molecule has 0 saturated heterocycles. The van der Waals surface area contributed by atoms with Crippen LogP contribution in [0.5, 0.6) is 0 Å². The molecular weight excluding hydrogens is 420 g/mol. The van der Waals surface area contributed by atoms with Gasteiger partial charge in [0, 0.05) is 16.8 Å². The van der Waals surface area contributed by atoms with Crippen LogP contribution in [0.15, 0.2) is 64.2 Å². The molecule has 0 aliphatic carbocycles. The number of anilines is 1. The zero-order valence-corrected chi connectivity index (χ0v) is 18.8. The topological polar surface area (TPSA) is 106 Å². The largest absolute Gasteiger partial charge is 0.367 e. The third-order valence-electron chi connectivity index (χ3n) is 4.64. The third kappa shape index (κ3) is 5.54. The van der Waals surface area contributed by atoms with Crippen LogP contribution < -0.4 is 10.6 Å². The van der Waals surface area contributed by atoms with Crippen molar-refractivity contribution in [3.8, 4) is 12.1 Å². The van der Waals surface area contributed by atoms with Crippen molar-refractivity contribution in [2.45, 2.75) is 38.6 Å². The maximum Gasteiger partial charge on any atom is 0.220 e. The summed E-state index contributed by atoms with van der Waals surface area (Å²) >= 11 is 5.87. The minimum absolute atomic E-state index is 0.0428. The van der Waals surface area contributed by atoms with Gasteiger partial charge in [-0.1, -0.05) is 38.4 Å². The Morgan fingerprint density at radius 2 is 1.73 bits per heavy atom. The smallest absolute Gasteiger partial charge is 0.220 e. The molecule has 2 aromatic rings. The van der Waals surface area contributed by atoms with E-state index in [4.69, 9.17) is 16.9 Å². The molecule has 2 aromatic carbocycles. The monoisotopic (exact) mass is 442 g/mol. The lowest BCUT2D eigenvalue weighted by Gasteiger charge is -2.30. The van der Waals surface area contributed by atoms with Gasteiger partial charge >= 0.3 is 0 Å². The van der Waals surface area contributed by atoms with Gasteiger partial charge in [-0.3, -0.25) is 0 Å². The Labute approximate surface area is 182 Å². The van der Waals surface area contributed by atoms with E-state index in [9.17, 15) is 13.7 Å². The Bertz CT molecular complexity index is 1140. The fraction of sp³-hybridized carbons (Fsp3) is 0.273. The number of nitrogens with one attached hydrogen (secondary N) is 2. The van der Waals surface area contributed by atoms with Crippen LogP contribution in [0.3, 0.4) is 0 Å². The van der Waals surface area contributed by atoms with Crippen molar-refractivity contribution in [1.82, 2.24) is 5.32 Å². The second-order valence-electron chi connectivity index (χ2n) is 7.82. The van der Waals surface area contributed by atoms with E-state index in [0.29, 0.717) is 16.3 Å².